The van der Waals surface area contributed by atoms with Crippen molar-refractivity contribution < 1.29 is 14.3 Å². The van der Waals surface area contributed by atoms with Crippen LogP contribution in [-0.2, 0) is 4.79 Å². The lowest BCUT2D eigenvalue weighted by Crippen LogP contribution is -2.31. The SMILES string of the molecule is COc1ccc(C2C3=C(CCCC3=O)Nc3c(C#N)cnn32)cc1OC. The van der Waals surface area contributed by atoms with Crippen LogP contribution in [0.1, 0.15) is 36.4 Å². The first-order valence-electron chi connectivity index (χ1n) is 8.40. The summed E-state index contributed by atoms with van der Waals surface area (Å²) in [5, 5.41) is 17.0. The van der Waals surface area contributed by atoms with Gasteiger partial charge in [-0.1, -0.05) is 6.07 Å². The van der Waals surface area contributed by atoms with Crippen LogP contribution in [0.4, 0.5) is 5.82 Å². The van der Waals surface area contributed by atoms with E-state index >= 15 is 0 Å². The molecule has 7 heteroatoms. The minimum atomic E-state index is -0.393. The van der Waals surface area contributed by atoms with Gasteiger partial charge in [-0.05, 0) is 30.5 Å². The number of carbonyl (C=O) groups is 1. The van der Waals surface area contributed by atoms with Crippen molar-refractivity contribution in [1.29, 1.82) is 5.26 Å². The van der Waals surface area contributed by atoms with Crippen LogP contribution >= 0.6 is 0 Å². The number of hydrogen-bond donors (Lipinski definition) is 1. The number of methoxy groups -OCH3 is 2. The maximum absolute atomic E-state index is 12.7. The van der Waals surface area contributed by atoms with Gasteiger partial charge in [0.2, 0.25) is 0 Å². The van der Waals surface area contributed by atoms with Gasteiger partial charge in [0, 0.05) is 17.7 Å². The molecule has 1 aromatic heterocycles. The second-order valence-electron chi connectivity index (χ2n) is 6.27. The van der Waals surface area contributed by atoms with Gasteiger partial charge in [-0.25, -0.2) is 4.68 Å². The molecule has 2 heterocycles. The van der Waals surface area contributed by atoms with Gasteiger partial charge in [-0.15, -0.1) is 0 Å². The molecular weight excluding hydrogens is 332 g/mol. The van der Waals surface area contributed by atoms with Crippen molar-refractivity contribution in [3.63, 3.8) is 0 Å². The minimum absolute atomic E-state index is 0.109. The zero-order valence-corrected chi connectivity index (χ0v) is 14.6. The zero-order valence-electron chi connectivity index (χ0n) is 14.6. The van der Waals surface area contributed by atoms with Crippen LogP contribution in [0.15, 0.2) is 35.7 Å². The number of ether oxygens (including phenoxy) is 2. The fourth-order valence-corrected chi connectivity index (χ4v) is 3.67. The van der Waals surface area contributed by atoms with Crippen LogP contribution in [0.3, 0.4) is 0 Å². The number of nitriles is 1. The van der Waals surface area contributed by atoms with Gasteiger partial charge >= 0.3 is 0 Å². The molecular formula is C19H18N4O3. The molecule has 0 spiro atoms. The molecule has 0 radical (unpaired) electrons. The van der Waals surface area contributed by atoms with Gasteiger partial charge in [-0.2, -0.15) is 10.4 Å². The van der Waals surface area contributed by atoms with E-state index in [1.54, 1.807) is 18.9 Å². The number of fused-ring (bicyclic) bond motifs is 1. The Morgan fingerprint density at radius 1 is 1.27 bits per heavy atom. The number of aromatic nitrogens is 2. The standard InChI is InChI=1S/C19H18N4O3/c1-25-15-7-6-11(8-16(15)26-2)18-17-13(4-3-5-14(17)24)22-19-12(9-20)10-21-23(18)19/h6-8,10,18,22H,3-5H2,1-2H3. The molecule has 0 fully saturated rings. The topological polar surface area (TPSA) is 89.2 Å². The van der Waals surface area contributed by atoms with Gasteiger partial charge in [0.25, 0.3) is 0 Å². The van der Waals surface area contributed by atoms with Crippen LogP contribution in [0.5, 0.6) is 11.5 Å². The number of nitrogens with one attached hydrogen (secondary N) is 1. The third kappa shape index (κ3) is 2.34. The Morgan fingerprint density at radius 2 is 2.08 bits per heavy atom. The Balaban J connectivity index is 1.92. The summed E-state index contributed by atoms with van der Waals surface area (Å²) in [6, 6.07) is 7.35. The zero-order chi connectivity index (χ0) is 18.3. The van der Waals surface area contributed by atoms with Gasteiger partial charge in [-0.3, -0.25) is 4.79 Å². The molecule has 26 heavy (non-hydrogen) atoms. The summed E-state index contributed by atoms with van der Waals surface area (Å²) >= 11 is 0. The monoisotopic (exact) mass is 350 g/mol. The second-order valence-corrected chi connectivity index (χ2v) is 6.27. The maximum Gasteiger partial charge on any atom is 0.163 e. The maximum atomic E-state index is 12.7. The molecule has 4 rings (SSSR count). The molecule has 1 atom stereocenters. The Bertz CT molecular complexity index is 968. The number of ketones is 1. The van der Waals surface area contributed by atoms with Crippen LogP contribution in [-0.4, -0.2) is 29.8 Å². The van der Waals surface area contributed by atoms with E-state index in [1.165, 1.54) is 6.20 Å². The lowest BCUT2D eigenvalue weighted by Gasteiger charge is -2.33. The van der Waals surface area contributed by atoms with Crippen molar-refractivity contribution in [3.05, 3.63) is 46.8 Å². The van der Waals surface area contributed by atoms with Crippen LogP contribution in [0.2, 0.25) is 0 Å². The molecule has 1 aliphatic heterocycles. The third-order valence-corrected chi connectivity index (χ3v) is 4.88. The Labute approximate surface area is 150 Å². The summed E-state index contributed by atoms with van der Waals surface area (Å²) < 4.78 is 12.4. The average Bonchev–Trinajstić information content (AvgIpc) is 3.08. The summed E-state index contributed by atoms with van der Waals surface area (Å²) in [4.78, 5) is 12.7. The number of benzene rings is 1. The molecule has 1 N–H and O–H groups in total. The number of nitrogens with zero attached hydrogens (tertiary/aromatic N) is 3. The van der Waals surface area contributed by atoms with E-state index in [2.05, 4.69) is 16.5 Å². The van der Waals surface area contributed by atoms with Crippen LogP contribution in [0, 0.1) is 11.3 Å². The first-order chi connectivity index (χ1) is 12.7. The Morgan fingerprint density at radius 3 is 2.81 bits per heavy atom. The summed E-state index contributed by atoms with van der Waals surface area (Å²) in [6.45, 7) is 0. The highest BCUT2D eigenvalue weighted by molar-refractivity contribution is 5.99. The van der Waals surface area contributed by atoms with E-state index in [1.807, 2.05) is 18.2 Å². The molecule has 1 unspecified atom stereocenters. The highest BCUT2D eigenvalue weighted by atomic mass is 16.5. The highest BCUT2D eigenvalue weighted by Gasteiger charge is 2.37. The first-order valence-corrected chi connectivity index (χ1v) is 8.40. The number of carbonyl (C=O) groups excluding carboxylic acids is 1. The van der Waals surface area contributed by atoms with Crippen molar-refractivity contribution in [3.8, 4) is 17.6 Å². The quantitative estimate of drug-likeness (QED) is 0.915. The molecule has 0 saturated heterocycles. The smallest absolute Gasteiger partial charge is 0.163 e. The number of anilines is 1. The largest absolute Gasteiger partial charge is 0.493 e. The lowest BCUT2D eigenvalue weighted by molar-refractivity contribution is -0.116. The van der Waals surface area contributed by atoms with Gasteiger partial charge in [0.15, 0.2) is 17.3 Å². The molecule has 132 valence electrons. The Hall–Kier alpha value is -3.27. The molecule has 1 aromatic carbocycles. The van der Waals surface area contributed by atoms with E-state index in [-0.39, 0.29) is 5.78 Å². The van der Waals surface area contributed by atoms with Crippen molar-refractivity contribution >= 4 is 11.6 Å². The van der Waals surface area contributed by atoms with Crippen LogP contribution in [0.25, 0.3) is 0 Å². The molecule has 2 aliphatic rings. The first kappa shape index (κ1) is 16.2. The van der Waals surface area contributed by atoms with Gasteiger partial charge in [0.05, 0.1) is 20.4 Å². The van der Waals surface area contributed by atoms with Crippen molar-refractivity contribution in [2.45, 2.75) is 25.3 Å². The molecule has 7 nitrogen and oxygen atoms in total. The number of allylic oxidation sites excluding steroid dienone is 2. The number of rotatable bonds is 3. The van der Waals surface area contributed by atoms with E-state index in [9.17, 15) is 10.1 Å². The average molecular weight is 350 g/mol. The lowest BCUT2D eigenvalue weighted by atomic mass is 9.85. The summed E-state index contributed by atoms with van der Waals surface area (Å²) in [7, 11) is 3.16. The Kier molecular flexibility index (Phi) is 3.88. The second kappa shape index (κ2) is 6.23. The predicted octanol–water partition coefficient (Wildman–Crippen LogP) is 2.79. The molecule has 0 saturated carbocycles. The molecule has 0 bridgehead atoms. The van der Waals surface area contributed by atoms with Crippen molar-refractivity contribution in [2.75, 3.05) is 19.5 Å². The fraction of sp³-hybridized carbons (Fsp3) is 0.316. The highest BCUT2D eigenvalue weighted by Crippen LogP contribution is 2.43. The molecule has 0 amide bonds. The van der Waals surface area contributed by atoms with E-state index in [0.717, 1.165) is 24.1 Å². The minimum Gasteiger partial charge on any atom is -0.493 e. The number of Topliss-reactive ketones (excluding diaryl/α,β-unsaturated/α-hetero) is 1. The fourth-order valence-electron chi connectivity index (χ4n) is 3.67. The normalized spacial score (nSPS) is 18.5. The predicted molar refractivity (Wildman–Crippen MR) is 94.1 cm³/mol. The van der Waals surface area contributed by atoms with E-state index in [4.69, 9.17) is 9.47 Å². The van der Waals surface area contributed by atoms with E-state index in [0.29, 0.717) is 34.9 Å². The molecule has 2 aromatic rings. The third-order valence-electron chi connectivity index (χ3n) is 4.88. The molecule has 1 aliphatic carbocycles. The van der Waals surface area contributed by atoms with Crippen molar-refractivity contribution in [2.24, 2.45) is 0 Å². The van der Waals surface area contributed by atoms with E-state index < -0.39 is 6.04 Å². The van der Waals surface area contributed by atoms with Gasteiger partial charge < -0.3 is 14.8 Å². The summed E-state index contributed by atoms with van der Waals surface area (Å²) in [5.74, 6) is 1.94. The van der Waals surface area contributed by atoms with Crippen molar-refractivity contribution in [1.82, 2.24) is 9.78 Å². The number of hydrogen-bond acceptors (Lipinski definition) is 6. The summed E-state index contributed by atoms with van der Waals surface area (Å²) in [5.41, 5.74) is 2.91. The van der Waals surface area contributed by atoms with Crippen LogP contribution < -0.4 is 14.8 Å². The van der Waals surface area contributed by atoms with Gasteiger partial charge in [0.1, 0.15) is 23.5 Å². The summed E-state index contributed by atoms with van der Waals surface area (Å²) in [6.07, 6.45) is 3.63.